The zero-order valence-corrected chi connectivity index (χ0v) is 15.8. The number of carbonyl (C=O) groups excluding carboxylic acids is 1. The highest BCUT2D eigenvalue weighted by atomic mass is 32.1. The molecule has 0 bridgehead atoms. The van der Waals surface area contributed by atoms with Crippen molar-refractivity contribution in [3.8, 4) is 5.19 Å². The molecular weight excluding hydrogens is 351 g/mol. The third-order valence-electron chi connectivity index (χ3n) is 5.63. The van der Waals surface area contributed by atoms with E-state index in [0.29, 0.717) is 17.5 Å². The van der Waals surface area contributed by atoms with Crippen molar-refractivity contribution in [2.24, 2.45) is 5.92 Å². The topological polar surface area (TPSA) is 42.4 Å². The van der Waals surface area contributed by atoms with Crippen LogP contribution in [0, 0.1) is 11.7 Å². The van der Waals surface area contributed by atoms with Crippen molar-refractivity contribution in [3.63, 3.8) is 0 Å². The molecule has 2 heterocycles. The van der Waals surface area contributed by atoms with Gasteiger partial charge in [0, 0.05) is 32.4 Å². The number of aromatic nitrogens is 1. The van der Waals surface area contributed by atoms with Crippen molar-refractivity contribution in [1.82, 2.24) is 9.88 Å². The van der Waals surface area contributed by atoms with Crippen LogP contribution < -0.4 is 4.74 Å². The van der Waals surface area contributed by atoms with Gasteiger partial charge in [0.1, 0.15) is 11.9 Å². The number of hydrogen-bond acceptors (Lipinski definition) is 4. The lowest BCUT2D eigenvalue weighted by molar-refractivity contribution is -0.133. The van der Waals surface area contributed by atoms with E-state index in [0.717, 1.165) is 48.5 Å². The van der Waals surface area contributed by atoms with Gasteiger partial charge >= 0.3 is 0 Å². The second kappa shape index (κ2) is 7.91. The van der Waals surface area contributed by atoms with Gasteiger partial charge in [-0.2, -0.15) is 0 Å². The number of hydrogen-bond donors (Lipinski definition) is 0. The Morgan fingerprint density at radius 2 is 2.00 bits per heavy atom. The molecule has 1 aromatic heterocycles. The summed E-state index contributed by atoms with van der Waals surface area (Å²) in [6.45, 7) is 1.52. The van der Waals surface area contributed by atoms with Crippen LogP contribution in [0.4, 0.5) is 4.39 Å². The molecule has 0 unspecified atom stereocenters. The summed E-state index contributed by atoms with van der Waals surface area (Å²) in [5.74, 6) is 0.812. The van der Waals surface area contributed by atoms with Crippen LogP contribution in [-0.2, 0) is 4.79 Å². The van der Waals surface area contributed by atoms with E-state index in [1.165, 1.54) is 49.2 Å². The van der Waals surface area contributed by atoms with E-state index in [2.05, 4.69) is 4.98 Å². The molecule has 2 aliphatic rings. The van der Waals surface area contributed by atoms with Crippen molar-refractivity contribution in [2.45, 2.75) is 57.5 Å². The zero-order chi connectivity index (χ0) is 17.9. The number of rotatable bonds is 5. The molecule has 1 amide bonds. The van der Waals surface area contributed by atoms with Gasteiger partial charge in [0.05, 0.1) is 10.2 Å². The summed E-state index contributed by atoms with van der Waals surface area (Å²) in [6.07, 6.45) is 8.76. The van der Waals surface area contributed by atoms with E-state index in [9.17, 15) is 9.18 Å². The number of fused-ring (bicyclic) bond motifs is 1. The van der Waals surface area contributed by atoms with Crippen molar-refractivity contribution in [1.29, 1.82) is 0 Å². The second-order valence-corrected chi connectivity index (χ2v) is 8.47. The van der Waals surface area contributed by atoms with Gasteiger partial charge < -0.3 is 9.64 Å². The third-order valence-corrected chi connectivity index (χ3v) is 6.54. The molecule has 0 N–H and O–H groups in total. The number of likely N-dealkylation sites (tertiary alicyclic amines) is 1. The quantitative estimate of drug-likeness (QED) is 0.754. The summed E-state index contributed by atoms with van der Waals surface area (Å²) < 4.78 is 20.1. The Bertz CT molecular complexity index is 764. The number of carbonyl (C=O) groups is 1. The first-order valence-corrected chi connectivity index (χ1v) is 10.5. The summed E-state index contributed by atoms with van der Waals surface area (Å²) in [6, 6.07) is 4.59. The maximum absolute atomic E-state index is 13.3. The minimum absolute atomic E-state index is 0.0827. The highest BCUT2D eigenvalue weighted by Gasteiger charge is 2.25. The Morgan fingerprint density at radius 3 is 2.77 bits per heavy atom. The molecule has 2 fully saturated rings. The van der Waals surface area contributed by atoms with Crippen LogP contribution in [-0.4, -0.2) is 35.0 Å². The first-order chi connectivity index (χ1) is 12.7. The number of benzene rings is 1. The summed E-state index contributed by atoms with van der Waals surface area (Å²) in [5, 5.41) is 0.594. The molecular formula is C20H25FN2O2S. The van der Waals surface area contributed by atoms with Crippen molar-refractivity contribution >= 4 is 27.5 Å². The standard InChI is InChI=1S/C20H25FN2O2S/c21-15-6-7-17-18(13-15)26-20(22-17)25-16-9-11-23(12-10-16)19(24)8-5-14-3-1-2-4-14/h6-7,13-14,16H,1-5,8-12H2. The molecule has 1 saturated carbocycles. The molecule has 0 radical (unpaired) electrons. The van der Waals surface area contributed by atoms with Crippen LogP contribution in [0.1, 0.15) is 51.4 Å². The van der Waals surface area contributed by atoms with E-state index in [4.69, 9.17) is 4.74 Å². The summed E-state index contributed by atoms with van der Waals surface area (Å²) >= 11 is 1.38. The van der Waals surface area contributed by atoms with Crippen LogP contribution in [0.15, 0.2) is 18.2 Å². The summed E-state index contributed by atoms with van der Waals surface area (Å²) in [4.78, 5) is 18.8. The van der Waals surface area contributed by atoms with Crippen LogP contribution in [0.2, 0.25) is 0 Å². The first kappa shape index (κ1) is 17.7. The third kappa shape index (κ3) is 4.17. The van der Waals surface area contributed by atoms with Crippen LogP contribution in [0.25, 0.3) is 10.2 Å². The van der Waals surface area contributed by atoms with Gasteiger partial charge in [0.2, 0.25) is 5.91 Å². The van der Waals surface area contributed by atoms with Gasteiger partial charge in [-0.05, 0) is 30.5 Å². The Labute approximate surface area is 157 Å². The smallest absolute Gasteiger partial charge is 0.274 e. The minimum Gasteiger partial charge on any atom is -0.467 e. The lowest BCUT2D eigenvalue weighted by atomic mass is 10.0. The Balaban J connectivity index is 1.25. The van der Waals surface area contributed by atoms with Gasteiger partial charge in [-0.1, -0.05) is 37.0 Å². The fourth-order valence-electron chi connectivity index (χ4n) is 4.08. The number of thiazole rings is 1. The number of ether oxygens (including phenoxy) is 1. The fourth-order valence-corrected chi connectivity index (χ4v) is 4.98. The molecule has 1 saturated heterocycles. The van der Waals surface area contributed by atoms with Gasteiger partial charge in [-0.15, -0.1) is 0 Å². The van der Waals surface area contributed by atoms with Gasteiger partial charge in [-0.3, -0.25) is 4.79 Å². The van der Waals surface area contributed by atoms with Crippen molar-refractivity contribution in [3.05, 3.63) is 24.0 Å². The normalized spacial score (nSPS) is 19.3. The maximum Gasteiger partial charge on any atom is 0.274 e. The Kier molecular flexibility index (Phi) is 5.38. The second-order valence-electron chi connectivity index (χ2n) is 7.48. The fraction of sp³-hybridized carbons (Fsp3) is 0.600. The SMILES string of the molecule is O=C(CCC1CCCC1)N1CCC(Oc2nc3ccc(F)cc3s2)CC1. The molecule has 2 aromatic rings. The molecule has 4 rings (SSSR count). The average molecular weight is 376 g/mol. The van der Waals surface area contributed by atoms with Crippen LogP contribution in [0.5, 0.6) is 5.19 Å². The molecule has 6 heteroatoms. The molecule has 4 nitrogen and oxygen atoms in total. The zero-order valence-electron chi connectivity index (χ0n) is 15.0. The Hall–Kier alpha value is -1.69. The molecule has 0 atom stereocenters. The molecule has 140 valence electrons. The number of halogens is 1. The van der Waals surface area contributed by atoms with E-state index in [1.54, 1.807) is 6.07 Å². The molecule has 0 spiro atoms. The monoisotopic (exact) mass is 376 g/mol. The maximum atomic E-state index is 13.3. The summed E-state index contributed by atoms with van der Waals surface area (Å²) in [7, 11) is 0. The van der Waals surface area contributed by atoms with Gasteiger partial charge in [-0.25, -0.2) is 9.37 Å². The predicted molar refractivity (Wildman–Crippen MR) is 101 cm³/mol. The molecule has 1 aliphatic heterocycles. The highest BCUT2D eigenvalue weighted by Crippen LogP contribution is 2.31. The van der Waals surface area contributed by atoms with E-state index < -0.39 is 0 Å². The van der Waals surface area contributed by atoms with Crippen molar-refractivity contribution < 1.29 is 13.9 Å². The van der Waals surface area contributed by atoms with Gasteiger partial charge in [0.25, 0.3) is 5.19 Å². The number of nitrogens with zero attached hydrogens (tertiary/aromatic N) is 2. The summed E-state index contributed by atoms with van der Waals surface area (Å²) in [5.41, 5.74) is 0.769. The Morgan fingerprint density at radius 1 is 1.23 bits per heavy atom. The van der Waals surface area contributed by atoms with E-state index >= 15 is 0 Å². The lowest BCUT2D eigenvalue weighted by Gasteiger charge is -2.32. The lowest BCUT2D eigenvalue weighted by Crippen LogP contribution is -2.41. The first-order valence-electron chi connectivity index (χ1n) is 9.68. The highest BCUT2D eigenvalue weighted by molar-refractivity contribution is 7.20. The predicted octanol–water partition coefficient (Wildman–Crippen LogP) is 4.78. The van der Waals surface area contributed by atoms with Gasteiger partial charge in [0.15, 0.2) is 0 Å². The van der Waals surface area contributed by atoms with Crippen molar-refractivity contribution in [2.75, 3.05) is 13.1 Å². The number of amides is 1. The molecule has 1 aliphatic carbocycles. The average Bonchev–Trinajstić information content (AvgIpc) is 3.29. The molecule has 26 heavy (non-hydrogen) atoms. The number of piperidine rings is 1. The van der Waals surface area contributed by atoms with E-state index in [1.807, 2.05) is 4.90 Å². The van der Waals surface area contributed by atoms with E-state index in [-0.39, 0.29) is 11.9 Å². The largest absolute Gasteiger partial charge is 0.467 e. The van der Waals surface area contributed by atoms with Crippen LogP contribution >= 0.6 is 11.3 Å². The van der Waals surface area contributed by atoms with Crippen LogP contribution in [0.3, 0.4) is 0 Å². The molecule has 1 aromatic carbocycles. The minimum atomic E-state index is -0.253.